The number of ketones is 1. The molecule has 2 heterocycles. The van der Waals surface area contributed by atoms with E-state index in [9.17, 15) is 14.4 Å². The molecule has 0 aromatic carbocycles. The number of thiophene rings is 1. The third kappa shape index (κ3) is 7.76. The van der Waals surface area contributed by atoms with Crippen LogP contribution in [0.25, 0.3) is 0 Å². The van der Waals surface area contributed by atoms with Gasteiger partial charge in [0.15, 0.2) is 5.78 Å². The van der Waals surface area contributed by atoms with Gasteiger partial charge in [0, 0.05) is 39.0 Å². The highest BCUT2D eigenvalue weighted by Crippen LogP contribution is 2.12. The quantitative estimate of drug-likeness (QED) is 0.594. The molecule has 1 aliphatic rings. The molecule has 2 amide bonds. The fourth-order valence-electron chi connectivity index (χ4n) is 2.48. The molecular formula is C17H25N3O4S. The fourth-order valence-corrected chi connectivity index (χ4v) is 3.17. The first-order chi connectivity index (χ1) is 12.1. The Bertz CT molecular complexity index is 556. The number of rotatable bonds is 10. The van der Waals surface area contributed by atoms with Gasteiger partial charge in [-0.3, -0.25) is 19.3 Å². The minimum absolute atomic E-state index is 0.0270. The standard InChI is InChI=1S/C17H25N3O4S/c21-14(15-4-2-12-25-15)3-1-5-16(22)19-13-17(23)18-6-7-20-8-10-24-11-9-20/h2,4,12H,1,3,5-11,13H2,(H,18,23)(H,19,22). The lowest BCUT2D eigenvalue weighted by Gasteiger charge is -2.26. The third-order valence-corrected chi connectivity index (χ3v) is 4.81. The summed E-state index contributed by atoms with van der Waals surface area (Å²) in [5.41, 5.74) is 0. The fraction of sp³-hybridized carbons (Fsp3) is 0.588. The lowest BCUT2D eigenvalue weighted by molar-refractivity contribution is -0.126. The second-order valence-corrected chi connectivity index (χ2v) is 6.78. The van der Waals surface area contributed by atoms with Gasteiger partial charge >= 0.3 is 0 Å². The van der Waals surface area contributed by atoms with Crippen LogP contribution in [0.15, 0.2) is 17.5 Å². The molecule has 2 N–H and O–H groups in total. The Morgan fingerprint density at radius 1 is 1.12 bits per heavy atom. The number of carbonyl (C=O) groups excluding carboxylic acids is 3. The number of nitrogens with zero attached hydrogens (tertiary/aromatic N) is 1. The van der Waals surface area contributed by atoms with Crippen molar-refractivity contribution in [3.8, 4) is 0 Å². The molecule has 1 fully saturated rings. The first-order valence-electron chi connectivity index (χ1n) is 8.55. The highest BCUT2D eigenvalue weighted by molar-refractivity contribution is 7.12. The summed E-state index contributed by atoms with van der Waals surface area (Å²) in [6.07, 6.45) is 1.08. The summed E-state index contributed by atoms with van der Waals surface area (Å²) in [4.78, 5) is 38.2. The summed E-state index contributed by atoms with van der Waals surface area (Å²) < 4.78 is 5.26. The Labute approximate surface area is 151 Å². The van der Waals surface area contributed by atoms with E-state index < -0.39 is 0 Å². The maximum Gasteiger partial charge on any atom is 0.239 e. The van der Waals surface area contributed by atoms with Crippen LogP contribution in [0, 0.1) is 0 Å². The van der Waals surface area contributed by atoms with Gasteiger partial charge < -0.3 is 15.4 Å². The van der Waals surface area contributed by atoms with Crippen LogP contribution in [0.4, 0.5) is 0 Å². The van der Waals surface area contributed by atoms with Crippen molar-refractivity contribution in [3.63, 3.8) is 0 Å². The topological polar surface area (TPSA) is 87.7 Å². The molecular weight excluding hydrogens is 342 g/mol. The zero-order valence-electron chi connectivity index (χ0n) is 14.3. The third-order valence-electron chi connectivity index (χ3n) is 3.90. The summed E-state index contributed by atoms with van der Waals surface area (Å²) in [6, 6.07) is 3.62. The zero-order chi connectivity index (χ0) is 17.9. The van der Waals surface area contributed by atoms with Crippen LogP contribution in [0.5, 0.6) is 0 Å². The summed E-state index contributed by atoms with van der Waals surface area (Å²) in [5, 5.41) is 7.23. The second-order valence-electron chi connectivity index (χ2n) is 5.83. The first-order valence-corrected chi connectivity index (χ1v) is 9.43. The number of nitrogens with one attached hydrogen (secondary N) is 2. The van der Waals surface area contributed by atoms with Crippen molar-refractivity contribution in [1.29, 1.82) is 0 Å². The SMILES string of the molecule is O=C(CCCC(=O)c1cccs1)NCC(=O)NCCN1CCOCC1. The predicted octanol–water partition coefficient (Wildman–Crippen LogP) is 0.666. The van der Waals surface area contributed by atoms with Gasteiger partial charge in [-0.25, -0.2) is 0 Å². The Morgan fingerprint density at radius 2 is 1.92 bits per heavy atom. The first kappa shape index (κ1) is 19.6. The van der Waals surface area contributed by atoms with E-state index in [4.69, 9.17) is 4.74 Å². The molecule has 7 nitrogen and oxygen atoms in total. The van der Waals surface area contributed by atoms with Gasteiger partial charge in [0.2, 0.25) is 11.8 Å². The largest absolute Gasteiger partial charge is 0.379 e. The number of morpholine rings is 1. The number of hydrogen-bond donors (Lipinski definition) is 2. The van der Waals surface area contributed by atoms with E-state index in [1.165, 1.54) is 11.3 Å². The monoisotopic (exact) mass is 367 g/mol. The molecule has 8 heteroatoms. The lowest BCUT2D eigenvalue weighted by Crippen LogP contribution is -2.43. The number of amides is 2. The minimum atomic E-state index is -0.206. The molecule has 0 spiro atoms. The van der Waals surface area contributed by atoms with E-state index in [0.717, 1.165) is 37.7 Å². The molecule has 0 bridgehead atoms. The predicted molar refractivity (Wildman–Crippen MR) is 95.8 cm³/mol. The van der Waals surface area contributed by atoms with Crippen molar-refractivity contribution in [1.82, 2.24) is 15.5 Å². The van der Waals surface area contributed by atoms with Crippen molar-refractivity contribution in [3.05, 3.63) is 22.4 Å². The van der Waals surface area contributed by atoms with E-state index >= 15 is 0 Å². The van der Waals surface area contributed by atoms with Gasteiger partial charge in [0.05, 0.1) is 24.6 Å². The highest BCUT2D eigenvalue weighted by Gasteiger charge is 2.11. The molecule has 1 aromatic rings. The van der Waals surface area contributed by atoms with Crippen LogP contribution in [-0.2, 0) is 14.3 Å². The average Bonchev–Trinajstić information content (AvgIpc) is 3.15. The van der Waals surface area contributed by atoms with Crippen LogP contribution in [0.2, 0.25) is 0 Å². The van der Waals surface area contributed by atoms with Crippen LogP contribution in [0.3, 0.4) is 0 Å². The maximum atomic E-state index is 11.8. The molecule has 1 aromatic heterocycles. The van der Waals surface area contributed by atoms with E-state index in [-0.39, 0.29) is 30.6 Å². The van der Waals surface area contributed by atoms with Crippen LogP contribution in [-0.4, -0.2) is 68.4 Å². The van der Waals surface area contributed by atoms with Gasteiger partial charge in [0.1, 0.15) is 0 Å². The van der Waals surface area contributed by atoms with Gasteiger partial charge in [-0.05, 0) is 17.9 Å². The van der Waals surface area contributed by atoms with E-state index in [2.05, 4.69) is 15.5 Å². The molecule has 0 saturated carbocycles. The van der Waals surface area contributed by atoms with E-state index in [0.29, 0.717) is 19.4 Å². The molecule has 1 aliphatic heterocycles. The molecule has 0 radical (unpaired) electrons. The van der Waals surface area contributed by atoms with Crippen molar-refractivity contribution < 1.29 is 19.1 Å². The molecule has 0 unspecified atom stereocenters. The molecule has 0 aliphatic carbocycles. The number of Topliss-reactive ketones (excluding diaryl/α,β-unsaturated/α-hetero) is 1. The summed E-state index contributed by atoms with van der Waals surface area (Å²) in [5.74, 6) is -0.345. The number of ether oxygens (including phenoxy) is 1. The smallest absolute Gasteiger partial charge is 0.239 e. The Morgan fingerprint density at radius 3 is 2.64 bits per heavy atom. The summed E-state index contributed by atoms with van der Waals surface area (Å²) in [6.45, 7) is 4.56. The van der Waals surface area contributed by atoms with Crippen molar-refractivity contribution in [2.75, 3.05) is 45.9 Å². The van der Waals surface area contributed by atoms with Gasteiger partial charge in [-0.15, -0.1) is 11.3 Å². The molecule has 2 rings (SSSR count). The van der Waals surface area contributed by atoms with Crippen molar-refractivity contribution in [2.45, 2.75) is 19.3 Å². The summed E-state index contributed by atoms with van der Waals surface area (Å²) >= 11 is 1.41. The van der Waals surface area contributed by atoms with Crippen LogP contribution >= 0.6 is 11.3 Å². The van der Waals surface area contributed by atoms with Crippen LogP contribution < -0.4 is 10.6 Å². The Kier molecular flexibility index (Phi) is 8.58. The Balaban J connectivity index is 1.49. The van der Waals surface area contributed by atoms with Gasteiger partial charge in [0.25, 0.3) is 0 Å². The number of hydrogen-bond acceptors (Lipinski definition) is 6. The van der Waals surface area contributed by atoms with E-state index in [1.807, 2.05) is 11.4 Å². The van der Waals surface area contributed by atoms with Crippen LogP contribution in [0.1, 0.15) is 28.9 Å². The number of carbonyl (C=O) groups is 3. The Hall–Kier alpha value is -1.77. The average molecular weight is 367 g/mol. The highest BCUT2D eigenvalue weighted by atomic mass is 32.1. The second kappa shape index (κ2) is 11.0. The van der Waals surface area contributed by atoms with Gasteiger partial charge in [-0.1, -0.05) is 6.07 Å². The molecule has 25 heavy (non-hydrogen) atoms. The normalized spacial score (nSPS) is 14.9. The van der Waals surface area contributed by atoms with Crippen molar-refractivity contribution >= 4 is 28.9 Å². The summed E-state index contributed by atoms with van der Waals surface area (Å²) in [7, 11) is 0. The minimum Gasteiger partial charge on any atom is -0.379 e. The van der Waals surface area contributed by atoms with E-state index in [1.54, 1.807) is 6.07 Å². The lowest BCUT2D eigenvalue weighted by atomic mass is 10.1. The molecule has 1 saturated heterocycles. The van der Waals surface area contributed by atoms with Crippen molar-refractivity contribution in [2.24, 2.45) is 0 Å². The zero-order valence-corrected chi connectivity index (χ0v) is 15.1. The van der Waals surface area contributed by atoms with Gasteiger partial charge in [-0.2, -0.15) is 0 Å². The molecule has 138 valence electrons. The molecule has 0 atom stereocenters. The maximum absolute atomic E-state index is 11.8.